The van der Waals surface area contributed by atoms with Crippen LogP contribution >= 0.6 is 0 Å². The van der Waals surface area contributed by atoms with Crippen molar-refractivity contribution in [2.75, 3.05) is 13.6 Å². The van der Waals surface area contributed by atoms with E-state index in [4.69, 9.17) is 16.9 Å². The van der Waals surface area contributed by atoms with Gasteiger partial charge in [0.15, 0.2) is 0 Å². The van der Waals surface area contributed by atoms with Gasteiger partial charge in [-0.3, -0.25) is 14.4 Å². The van der Waals surface area contributed by atoms with E-state index in [2.05, 4.69) is 16.6 Å². The summed E-state index contributed by atoms with van der Waals surface area (Å²) in [5, 5.41) is 5.35. The van der Waals surface area contributed by atoms with Crippen LogP contribution in [-0.4, -0.2) is 54.0 Å². The molecule has 0 aromatic heterocycles. The average Bonchev–Trinajstić information content (AvgIpc) is 2.75. The molecule has 0 aliphatic rings. The summed E-state index contributed by atoms with van der Waals surface area (Å²) >= 11 is 0. The Balaban J connectivity index is 3.30. The van der Waals surface area contributed by atoms with Crippen LogP contribution in [0, 0.1) is 12.3 Å². The zero-order chi connectivity index (χ0) is 25.9. The molecule has 34 heavy (non-hydrogen) atoms. The van der Waals surface area contributed by atoms with Crippen molar-refractivity contribution in [2.45, 2.75) is 71.1 Å². The molecule has 2 unspecified atom stereocenters. The number of carbonyl (C=O) groups excluding carboxylic acids is 4. The Morgan fingerprint density at radius 3 is 2.41 bits per heavy atom. The molecule has 4 amide bonds. The van der Waals surface area contributed by atoms with Gasteiger partial charge in [0.2, 0.25) is 17.7 Å². The van der Waals surface area contributed by atoms with E-state index in [0.717, 1.165) is 12.8 Å². The molecule has 0 fully saturated rings. The van der Waals surface area contributed by atoms with Crippen LogP contribution < -0.4 is 16.4 Å². The highest BCUT2D eigenvalue weighted by atomic mass is 16.6. The minimum atomic E-state index is -1.14. The van der Waals surface area contributed by atoms with E-state index < -0.39 is 41.5 Å². The lowest BCUT2D eigenvalue weighted by Gasteiger charge is -2.32. The average molecular weight is 473 g/mol. The molecule has 186 valence electrons. The number of amides is 4. The monoisotopic (exact) mass is 472 g/mol. The minimum absolute atomic E-state index is 0.0568. The van der Waals surface area contributed by atoms with E-state index in [0.29, 0.717) is 17.7 Å². The van der Waals surface area contributed by atoms with Crippen LogP contribution in [0.3, 0.4) is 0 Å². The predicted molar refractivity (Wildman–Crippen MR) is 129 cm³/mol. The summed E-state index contributed by atoms with van der Waals surface area (Å²) in [6, 6.07) is 4.65. The molecule has 0 spiro atoms. The van der Waals surface area contributed by atoms with Gasteiger partial charge in [-0.1, -0.05) is 37.5 Å². The molecule has 9 nitrogen and oxygen atoms in total. The SMILES string of the molecule is C#Cc1ccccc1C(C(=O)NCCCC)N(C)C(=O)C(CCC(N)=O)NC(=O)OC(C)(C)C. The minimum Gasteiger partial charge on any atom is -0.444 e. The summed E-state index contributed by atoms with van der Waals surface area (Å²) in [5.74, 6) is 0.930. The Morgan fingerprint density at radius 2 is 1.85 bits per heavy atom. The van der Waals surface area contributed by atoms with Gasteiger partial charge < -0.3 is 26.0 Å². The van der Waals surface area contributed by atoms with Gasteiger partial charge >= 0.3 is 6.09 Å². The van der Waals surface area contributed by atoms with Gasteiger partial charge in [0.05, 0.1) is 0 Å². The first-order valence-corrected chi connectivity index (χ1v) is 11.3. The second-order valence-corrected chi connectivity index (χ2v) is 8.93. The highest BCUT2D eigenvalue weighted by Crippen LogP contribution is 2.25. The maximum Gasteiger partial charge on any atom is 0.408 e. The van der Waals surface area contributed by atoms with E-state index in [1.165, 1.54) is 11.9 Å². The lowest BCUT2D eigenvalue weighted by Crippen LogP contribution is -2.52. The summed E-state index contributed by atoms with van der Waals surface area (Å²) in [5.41, 5.74) is 5.41. The van der Waals surface area contributed by atoms with Crippen LogP contribution in [0.4, 0.5) is 4.79 Å². The smallest absolute Gasteiger partial charge is 0.408 e. The first-order valence-electron chi connectivity index (χ1n) is 11.3. The van der Waals surface area contributed by atoms with Crippen molar-refractivity contribution in [3.05, 3.63) is 35.4 Å². The molecule has 0 bridgehead atoms. The second kappa shape index (κ2) is 13.2. The van der Waals surface area contributed by atoms with Crippen molar-refractivity contribution in [3.63, 3.8) is 0 Å². The molecule has 0 heterocycles. The Labute approximate surface area is 201 Å². The van der Waals surface area contributed by atoms with Crippen molar-refractivity contribution in [2.24, 2.45) is 5.73 Å². The van der Waals surface area contributed by atoms with Gasteiger partial charge in [-0.05, 0) is 45.2 Å². The quantitative estimate of drug-likeness (QED) is 0.336. The molecule has 1 aromatic rings. The van der Waals surface area contributed by atoms with Gasteiger partial charge in [-0.25, -0.2) is 4.79 Å². The number of unbranched alkanes of at least 4 members (excludes halogenated alkanes) is 1. The molecule has 2 atom stereocenters. The highest BCUT2D eigenvalue weighted by molar-refractivity contribution is 5.92. The van der Waals surface area contributed by atoms with Gasteiger partial charge in [0, 0.05) is 25.6 Å². The molecule has 4 N–H and O–H groups in total. The van der Waals surface area contributed by atoms with Crippen molar-refractivity contribution < 1.29 is 23.9 Å². The number of nitrogens with two attached hydrogens (primary N) is 1. The van der Waals surface area contributed by atoms with E-state index in [1.807, 2.05) is 6.92 Å². The third-order valence-electron chi connectivity index (χ3n) is 4.89. The number of nitrogens with one attached hydrogen (secondary N) is 2. The fraction of sp³-hybridized carbons (Fsp3) is 0.520. The molecule has 0 saturated heterocycles. The third-order valence-corrected chi connectivity index (χ3v) is 4.89. The molecule has 9 heteroatoms. The van der Waals surface area contributed by atoms with E-state index in [-0.39, 0.29) is 12.8 Å². The number of hydrogen-bond donors (Lipinski definition) is 3. The fourth-order valence-corrected chi connectivity index (χ4v) is 3.24. The number of hydrogen-bond acceptors (Lipinski definition) is 5. The summed E-state index contributed by atoms with van der Waals surface area (Å²) in [6.07, 6.45) is 6.27. The fourth-order valence-electron chi connectivity index (χ4n) is 3.24. The van der Waals surface area contributed by atoms with Gasteiger partial charge in [0.25, 0.3) is 0 Å². The molecular formula is C25H36N4O5. The lowest BCUT2D eigenvalue weighted by atomic mass is 9.97. The zero-order valence-corrected chi connectivity index (χ0v) is 20.6. The number of terminal acetylenes is 1. The van der Waals surface area contributed by atoms with E-state index in [1.54, 1.807) is 45.0 Å². The number of ether oxygens (including phenoxy) is 1. The second-order valence-electron chi connectivity index (χ2n) is 8.93. The number of alkyl carbamates (subject to hydrolysis) is 1. The Hall–Kier alpha value is -3.54. The van der Waals surface area contributed by atoms with Crippen molar-refractivity contribution >= 4 is 23.8 Å². The van der Waals surface area contributed by atoms with Crippen LogP contribution in [0.2, 0.25) is 0 Å². The lowest BCUT2D eigenvalue weighted by molar-refractivity contribution is -0.141. The number of rotatable bonds is 11. The van der Waals surface area contributed by atoms with Crippen LogP contribution in [0.1, 0.15) is 70.5 Å². The summed E-state index contributed by atoms with van der Waals surface area (Å²) in [4.78, 5) is 51.6. The number of primary amides is 1. The standard InChI is InChI=1S/C25H36N4O5/c1-7-9-16-27-22(31)21(18-13-11-10-12-17(18)8-2)29(6)23(32)19(14-15-20(26)30)28-24(33)34-25(3,4)5/h2,10-13,19,21H,7,9,14-16H2,1,3-6H3,(H2,26,30)(H,27,31)(H,28,33). The summed E-state index contributed by atoms with van der Waals surface area (Å²) in [7, 11) is 1.45. The molecule has 1 aromatic carbocycles. The van der Waals surface area contributed by atoms with Gasteiger partial charge in [-0.15, -0.1) is 6.42 Å². The summed E-state index contributed by atoms with van der Waals surface area (Å²) in [6.45, 7) is 7.50. The normalized spacial score (nSPS) is 12.6. The zero-order valence-electron chi connectivity index (χ0n) is 20.6. The third kappa shape index (κ3) is 9.14. The highest BCUT2D eigenvalue weighted by Gasteiger charge is 2.35. The van der Waals surface area contributed by atoms with E-state index >= 15 is 0 Å². The molecule has 0 aliphatic heterocycles. The number of nitrogens with zero attached hydrogens (tertiary/aromatic N) is 1. The maximum absolute atomic E-state index is 13.5. The molecule has 1 rings (SSSR count). The van der Waals surface area contributed by atoms with Gasteiger partial charge in [-0.2, -0.15) is 0 Å². The Morgan fingerprint density at radius 1 is 1.21 bits per heavy atom. The summed E-state index contributed by atoms with van der Waals surface area (Å²) < 4.78 is 5.26. The molecule has 0 radical (unpaired) electrons. The number of benzene rings is 1. The number of likely N-dealkylation sites (N-methyl/N-ethyl adjacent to an activating group) is 1. The van der Waals surface area contributed by atoms with Crippen molar-refractivity contribution in [1.82, 2.24) is 15.5 Å². The van der Waals surface area contributed by atoms with Crippen molar-refractivity contribution in [3.8, 4) is 12.3 Å². The molecular weight excluding hydrogens is 436 g/mol. The van der Waals surface area contributed by atoms with E-state index in [9.17, 15) is 19.2 Å². The van der Waals surface area contributed by atoms with Gasteiger partial charge in [0.1, 0.15) is 17.7 Å². The van der Waals surface area contributed by atoms with Crippen LogP contribution in [0.5, 0.6) is 0 Å². The maximum atomic E-state index is 13.5. The topological polar surface area (TPSA) is 131 Å². The Kier molecular flexibility index (Phi) is 11.1. The first-order chi connectivity index (χ1) is 15.9. The van der Waals surface area contributed by atoms with Crippen LogP contribution in [0.15, 0.2) is 24.3 Å². The Bertz CT molecular complexity index is 917. The van der Waals surface area contributed by atoms with Crippen LogP contribution in [-0.2, 0) is 19.1 Å². The number of carbonyl (C=O) groups is 4. The first kappa shape index (κ1) is 28.5. The predicted octanol–water partition coefficient (Wildman–Crippen LogP) is 2.24. The van der Waals surface area contributed by atoms with Crippen molar-refractivity contribution in [1.29, 1.82) is 0 Å². The molecule has 0 saturated carbocycles. The molecule has 0 aliphatic carbocycles. The van der Waals surface area contributed by atoms with Crippen LogP contribution in [0.25, 0.3) is 0 Å². The largest absolute Gasteiger partial charge is 0.444 e.